The van der Waals surface area contributed by atoms with Gasteiger partial charge in [-0.25, -0.2) is 0 Å². The molecule has 0 radical (unpaired) electrons. The number of carbonyl (C=O) groups excluding carboxylic acids is 1. The van der Waals surface area contributed by atoms with Crippen LogP contribution in [0.4, 0.5) is 0 Å². The Labute approximate surface area is 103 Å². The number of hydrogen-bond acceptors (Lipinski definition) is 2. The third-order valence-electron chi connectivity index (χ3n) is 5.00. The van der Waals surface area contributed by atoms with E-state index in [-0.39, 0.29) is 22.3 Å². The van der Waals surface area contributed by atoms with Crippen LogP contribution in [0, 0.1) is 10.8 Å². The van der Waals surface area contributed by atoms with Crippen LogP contribution in [0.5, 0.6) is 0 Å². The van der Waals surface area contributed by atoms with Crippen LogP contribution in [0.2, 0.25) is 0 Å². The molecule has 4 fully saturated rings. The molecule has 2 atom stereocenters. The van der Waals surface area contributed by atoms with Crippen LogP contribution in [0.1, 0.15) is 59.3 Å². The van der Waals surface area contributed by atoms with Crippen molar-refractivity contribution in [2.45, 2.75) is 70.4 Å². The monoisotopic (exact) mass is 237 g/mol. The van der Waals surface area contributed by atoms with E-state index in [0.29, 0.717) is 0 Å². The van der Waals surface area contributed by atoms with Crippen LogP contribution in [0.15, 0.2) is 0 Å². The number of hydrogen-bond donors (Lipinski definition) is 2. The molecule has 0 saturated heterocycles. The number of carbonyl (C=O) groups is 1. The van der Waals surface area contributed by atoms with E-state index in [1.54, 1.807) is 6.92 Å². The van der Waals surface area contributed by atoms with Crippen molar-refractivity contribution in [2.75, 3.05) is 0 Å². The summed E-state index contributed by atoms with van der Waals surface area (Å²) in [6.07, 6.45) is 5.86. The average Bonchev–Trinajstić information content (AvgIpc) is 1.87. The molecule has 2 N–H and O–H groups in total. The summed E-state index contributed by atoms with van der Waals surface area (Å²) in [5.74, 6) is 0.0442. The van der Waals surface area contributed by atoms with Crippen LogP contribution in [-0.2, 0) is 4.79 Å². The van der Waals surface area contributed by atoms with E-state index in [4.69, 9.17) is 0 Å². The van der Waals surface area contributed by atoms with E-state index in [1.807, 2.05) is 0 Å². The van der Waals surface area contributed by atoms with Gasteiger partial charge >= 0.3 is 0 Å². The fourth-order valence-corrected chi connectivity index (χ4v) is 6.14. The Bertz CT molecular complexity index is 336. The average molecular weight is 237 g/mol. The highest BCUT2D eigenvalue weighted by molar-refractivity contribution is 5.74. The van der Waals surface area contributed by atoms with E-state index in [0.717, 1.165) is 32.1 Å². The minimum absolute atomic E-state index is 0.0442. The van der Waals surface area contributed by atoms with Gasteiger partial charge in [0.25, 0.3) is 0 Å². The summed E-state index contributed by atoms with van der Waals surface area (Å²) in [7, 11) is 0. The zero-order valence-corrected chi connectivity index (χ0v) is 11.1. The third kappa shape index (κ3) is 1.70. The van der Waals surface area contributed by atoms with E-state index in [2.05, 4.69) is 19.2 Å². The molecule has 96 valence electrons. The van der Waals surface area contributed by atoms with Gasteiger partial charge in [0, 0.05) is 12.5 Å². The van der Waals surface area contributed by atoms with Gasteiger partial charge in [-0.15, -0.1) is 0 Å². The van der Waals surface area contributed by atoms with Crippen molar-refractivity contribution in [2.24, 2.45) is 10.8 Å². The summed E-state index contributed by atoms with van der Waals surface area (Å²) in [6.45, 7) is 6.15. The van der Waals surface area contributed by atoms with E-state index in [9.17, 15) is 9.90 Å². The first kappa shape index (κ1) is 11.5. The van der Waals surface area contributed by atoms with Crippen molar-refractivity contribution in [3.63, 3.8) is 0 Å². The van der Waals surface area contributed by atoms with Gasteiger partial charge < -0.3 is 10.4 Å². The lowest BCUT2D eigenvalue weighted by atomic mass is 9.41. The molecule has 4 saturated carbocycles. The van der Waals surface area contributed by atoms with Crippen molar-refractivity contribution in [3.8, 4) is 0 Å². The zero-order chi connectivity index (χ0) is 12.5. The summed E-state index contributed by atoms with van der Waals surface area (Å²) in [5, 5.41) is 13.9. The maximum atomic E-state index is 11.4. The number of aliphatic hydroxyl groups is 1. The largest absolute Gasteiger partial charge is 0.390 e. The summed E-state index contributed by atoms with van der Waals surface area (Å²) in [4.78, 5) is 11.4. The number of rotatable bonds is 1. The summed E-state index contributed by atoms with van der Waals surface area (Å²) in [6, 6.07) is 0. The van der Waals surface area contributed by atoms with Crippen LogP contribution in [0.3, 0.4) is 0 Å². The molecule has 0 heterocycles. The quantitative estimate of drug-likeness (QED) is 0.732. The zero-order valence-electron chi connectivity index (χ0n) is 11.1. The van der Waals surface area contributed by atoms with Gasteiger partial charge in [-0.05, 0) is 49.4 Å². The first-order valence-corrected chi connectivity index (χ1v) is 6.67. The van der Waals surface area contributed by atoms with Gasteiger partial charge in [0.15, 0.2) is 0 Å². The highest BCUT2D eigenvalue weighted by Crippen LogP contribution is 2.67. The highest BCUT2D eigenvalue weighted by atomic mass is 16.3. The molecule has 2 unspecified atom stereocenters. The Kier molecular flexibility index (Phi) is 1.95. The second-order valence-electron chi connectivity index (χ2n) is 7.87. The van der Waals surface area contributed by atoms with Gasteiger partial charge in [-0.2, -0.15) is 0 Å². The molecule has 0 aromatic heterocycles. The normalized spacial score (nSPS) is 56.0. The molecule has 4 rings (SSSR count). The van der Waals surface area contributed by atoms with Crippen molar-refractivity contribution in [1.29, 1.82) is 0 Å². The van der Waals surface area contributed by atoms with Gasteiger partial charge in [0.1, 0.15) is 0 Å². The Morgan fingerprint density at radius 2 is 1.53 bits per heavy atom. The maximum Gasteiger partial charge on any atom is 0.217 e. The molecule has 0 spiro atoms. The topological polar surface area (TPSA) is 49.3 Å². The predicted octanol–water partition coefficient (Wildman–Crippen LogP) is 1.99. The molecule has 4 bridgehead atoms. The van der Waals surface area contributed by atoms with Crippen molar-refractivity contribution in [3.05, 3.63) is 0 Å². The fraction of sp³-hybridized carbons (Fsp3) is 0.929. The Hall–Kier alpha value is -0.570. The van der Waals surface area contributed by atoms with Gasteiger partial charge in [0.2, 0.25) is 5.91 Å². The smallest absolute Gasteiger partial charge is 0.217 e. The lowest BCUT2D eigenvalue weighted by Gasteiger charge is -2.68. The maximum absolute atomic E-state index is 11.4. The molecule has 0 aromatic carbocycles. The lowest BCUT2D eigenvalue weighted by molar-refractivity contribution is -0.204. The molecule has 3 nitrogen and oxygen atoms in total. The molecular formula is C14H23NO2. The van der Waals surface area contributed by atoms with Gasteiger partial charge in [0.05, 0.1) is 5.60 Å². The lowest BCUT2D eigenvalue weighted by Crippen LogP contribution is -2.70. The Balaban J connectivity index is 2.01. The van der Waals surface area contributed by atoms with Crippen LogP contribution >= 0.6 is 0 Å². The van der Waals surface area contributed by atoms with Gasteiger partial charge in [-0.3, -0.25) is 4.79 Å². The predicted molar refractivity (Wildman–Crippen MR) is 65.4 cm³/mol. The summed E-state index contributed by atoms with van der Waals surface area (Å²) < 4.78 is 0. The molecule has 0 aromatic rings. The summed E-state index contributed by atoms with van der Waals surface area (Å²) >= 11 is 0. The second kappa shape index (κ2) is 2.87. The van der Waals surface area contributed by atoms with E-state index in [1.165, 1.54) is 6.42 Å². The van der Waals surface area contributed by atoms with Gasteiger partial charge in [-0.1, -0.05) is 13.8 Å². The molecule has 17 heavy (non-hydrogen) atoms. The first-order valence-electron chi connectivity index (χ1n) is 6.67. The second-order valence-corrected chi connectivity index (χ2v) is 7.87. The van der Waals surface area contributed by atoms with Crippen molar-refractivity contribution in [1.82, 2.24) is 5.32 Å². The third-order valence-corrected chi connectivity index (χ3v) is 5.00. The van der Waals surface area contributed by atoms with Crippen LogP contribution in [0.25, 0.3) is 0 Å². The van der Waals surface area contributed by atoms with Crippen LogP contribution in [-0.4, -0.2) is 22.2 Å². The minimum Gasteiger partial charge on any atom is -0.390 e. The molecular weight excluding hydrogens is 214 g/mol. The fourth-order valence-electron chi connectivity index (χ4n) is 6.14. The Morgan fingerprint density at radius 3 is 1.94 bits per heavy atom. The molecule has 3 heteroatoms. The van der Waals surface area contributed by atoms with Crippen LogP contribution < -0.4 is 5.32 Å². The standard InChI is InChI=1S/C14H23NO2/c1-10(16)15-13-5-11(2)4-12(3,6-13)8-14(17,7-11)9-13/h17H,4-9H2,1-3H3,(H,15,16). The molecule has 4 aliphatic rings. The molecule has 1 amide bonds. The number of amides is 1. The molecule has 0 aliphatic heterocycles. The highest BCUT2D eigenvalue weighted by Gasteiger charge is 2.65. The molecule has 4 aliphatic carbocycles. The van der Waals surface area contributed by atoms with Crippen molar-refractivity contribution < 1.29 is 9.90 Å². The van der Waals surface area contributed by atoms with E-state index < -0.39 is 5.60 Å². The number of nitrogens with one attached hydrogen (secondary N) is 1. The SMILES string of the molecule is CC(=O)NC12CC3(C)CC(C)(CC(O)(C3)C1)C2. The summed E-state index contributed by atoms with van der Waals surface area (Å²) in [5.41, 5.74) is -0.263. The Morgan fingerprint density at radius 1 is 1.00 bits per heavy atom. The van der Waals surface area contributed by atoms with Crippen molar-refractivity contribution >= 4 is 5.91 Å². The minimum atomic E-state index is -0.541. The van der Waals surface area contributed by atoms with E-state index >= 15 is 0 Å². The first-order chi connectivity index (χ1) is 7.66.